The lowest BCUT2D eigenvalue weighted by molar-refractivity contribution is -0.161. The van der Waals surface area contributed by atoms with Crippen LogP contribution in [0.15, 0.2) is 0 Å². The second-order valence-electron chi connectivity index (χ2n) is 22.9. The minimum atomic E-state index is -4.94. The highest BCUT2D eigenvalue weighted by atomic mass is 31.2. The summed E-state index contributed by atoms with van der Waals surface area (Å²) < 4.78 is 67.9. The van der Waals surface area contributed by atoms with Crippen LogP contribution < -0.4 is 0 Å². The van der Waals surface area contributed by atoms with E-state index in [4.69, 9.17) is 37.0 Å². The lowest BCUT2D eigenvalue weighted by atomic mass is 10.0. The van der Waals surface area contributed by atoms with Gasteiger partial charge in [-0.05, 0) is 31.6 Å². The first kappa shape index (κ1) is 79.1. The molecule has 81 heavy (non-hydrogen) atoms. The Morgan fingerprint density at radius 1 is 0.333 bits per heavy atom. The van der Waals surface area contributed by atoms with Crippen LogP contribution >= 0.6 is 15.6 Å². The van der Waals surface area contributed by atoms with Gasteiger partial charge in [-0.3, -0.25) is 37.3 Å². The molecule has 0 fully saturated rings. The van der Waals surface area contributed by atoms with Crippen LogP contribution in [-0.4, -0.2) is 96.7 Å². The van der Waals surface area contributed by atoms with Gasteiger partial charge in [0.25, 0.3) is 0 Å². The number of aliphatic hydroxyl groups excluding tert-OH is 1. The Bertz CT molecular complexity index is 1580. The Balaban J connectivity index is 5.23. The summed E-state index contributed by atoms with van der Waals surface area (Å²) in [5.74, 6) is -1.43. The van der Waals surface area contributed by atoms with Gasteiger partial charge in [0.2, 0.25) is 0 Å². The van der Waals surface area contributed by atoms with Crippen LogP contribution in [0.2, 0.25) is 0 Å². The fourth-order valence-corrected chi connectivity index (χ4v) is 10.8. The van der Waals surface area contributed by atoms with Gasteiger partial charge in [-0.15, -0.1) is 0 Å². The number of carbonyl (C=O) groups excluding carboxylic acids is 4. The van der Waals surface area contributed by atoms with Crippen LogP contribution in [0.4, 0.5) is 0 Å². The maximum atomic E-state index is 12.9. The zero-order valence-corrected chi connectivity index (χ0v) is 53.7. The quantitative estimate of drug-likeness (QED) is 0.0222. The average Bonchev–Trinajstić information content (AvgIpc) is 3.43. The molecule has 0 saturated heterocycles. The molecule has 0 saturated carbocycles. The summed E-state index contributed by atoms with van der Waals surface area (Å²) in [7, 11) is -9.88. The Labute approximate surface area is 492 Å². The summed E-state index contributed by atoms with van der Waals surface area (Å²) in [4.78, 5) is 72.1. The second-order valence-corrected chi connectivity index (χ2v) is 25.8. The van der Waals surface area contributed by atoms with Crippen molar-refractivity contribution in [1.29, 1.82) is 0 Å². The van der Waals surface area contributed by atoms with Crippen molar-refractivity contribution in [3.05, 3.63) is 0 Å². The summed E-state index contributed by atoms with van der Waals surface area (Å²) in [6, 6.07) is 0. The van der Waals surface area contributed by atoms with Crippen molar-refractivity contribution in [2.45, 2.75) is 329 Å². The normalized spacial score (nSPS) is 14.3. The van der Waals surface area contributed by atoms with Crippen LogP contribution in [0.1, 0.15) is 311 Å². The largest absolute Gasteiger partial charge is 0.472 e. The number of aliphatic hydroxyl groups is 1. The molecule has 19 heteroatoms. The molecule has 0 spiro atoms. The van der Waals surface area contributed by atoms with Crippen molar-refractivity contribution in [3.8, 4) is 0 Å². The number of esters is 4. The van der Waals surface area contributed by atoms with E-state index < -0.39 is 97.5 Å². The van der Waals surface area contributed by atoms with Crippen molar-refractivity contribution in [3.63, 3.8) is 0 Å². The number of unbranched alkanes of at least 4 members (excludes halogenated alkanes) is 34. The maximum Gasteiger partial charge on any atom is 0.472 e. The van der Waals surface area contributed by atoms with Gasteiger partial charge in [0.05, 0.1) is 26.4 Å². The molecule has 0 aliphatic rings. The van der Waals surface area contributed by atoms with E-state index in [0.29, 0.717) is 31.6 Å². The van der Waals surface area contributed by atoms with Gasteiger partial charge in [-0.1, -0.05) is 259 Å². The molecule has 0 radical (unpaired) electrons. The summed E-state index contributed by atoms with van der Waals surface area (Å²) in [6.45, 7) is 7.10. The highest BCUT2D eigenvalue weighted by Crippen LogP contribution is 2.45. The number of rotatable bonds is 62. The van der Waals surface area contributed by atoms with Crippen molar-refractivity contribution < 1.29 is 80.2 Å². The third kappa shape index (κ3) is 56.9. The third-order valence-electron chi connectivity index (χ3n) is 14.3. The first-order valence-corrected chi connectivity index (χ1v) is 35.6. The predicted molar refractivity (Wildman–Crippen MR) is 322 cm³/mol. The first-order valence-electron chi connectivity index (χ1n) is 32.6. The fraction of sp³-hybridized carbons (Fsp3) is 0.935. The minimum absolute atomic E-state index is 0.106. The minimum Gasteiger partial charge on any atom is -0.462 e. The Morgan fingerprint density at radius 2 is 0.568 bits per heavy atom. The van der Waals surface area contributed by atoms with Crippen LogP contribution in [0.25, 0.3) is 0 Å². The molecule has 0 aromatic carbocycles. The number of phosphoric acid groups is 2. The molecule has 0 bridgehead atoms. The summed E-state index contributed by atoms with van der Waals surface area (Å²) in [5.41, 5.74) is 0. The topological polar surface area (TPSA) is 237 Å². The van der Waals surface area contributed by atoms with Crippen LogP contribution in [0, 0.1) is 5.92 Å². The number of hydrogen-bond acceptors (Lipinski definition) is 15. The molecule has 17 nitrogen and oxygen atoms in total. The predicted octanol–water partition coefficient (Wildman–Crippen LogP) is 17.0. The van der Waals surface area contributed by atoms with Crippen molar-refractivity contribution >= 4 is 39.5 Å². The fourth-order valence-electron chi connectivity index (χ4n) is 9.23. The van der Waals surface area contributed by atoms with E-state index in [1.54, 1.807) is 0 Å². The Morgan fingerprint density at radius 3 is 0.840 bits per heavy atom. The Kier molecular flexibility index (Phi) is 54.6. The van der Waals surface area contributed by atoms with Crippen molar-refractivity contribution in [2.75, 3.05) is 39.6 Å². The zero-order chi connectivity index (χ0) is 59.9. The summed E-state index contributed by atoms with van der Waals surface area (Å²) in [6.07, 6.45) is 38.9. The molecule has 3 N–H and O–H groups in total. The van der Waals surface area contributed by atoms with Crippen LogP contribution in [0.5, 0.6) is 0 Å². The molecule has 0 aliphatic carbocycles. The third-order valence-corrected chi connectivity index (χ3v) is 16.2. The molecule has 0 aromatic rings. The number of carbonyl (C=O) groups is 4. The standard InChI is InChI=1S/C62H120O17P2/c1-6-9-12-15-18-21-24-27-32-38-43-48-62(67)79-58(52-73-60(65)46-41-36-33-28-29-34-39-44-55(4)5)54-77-81(70,71)75-50-56(63)49-74-80(68,69)76-53-57(78-61(66)47-42-37-31-26-23-20-17-14-11-8-3)51-72-59(64)45-40-35-30-25-22-19-16-13-10-7-2/h55-58,63H,6-54H2,1-5H3,(H,68,69)(H,70,71)/t56-,57+,58+/m0/s1. The zero-order valence-electron chi connectivity index (χ0n) is 51.9. The molecule has 0 aliphatic heterocycles. The van der Waals surface area contributed by atoms with E-state index in [0.717, 1.165) is 96.3 Å². The lowest BCUT2D eigenvalue weighted by Crippen LogP contribution is -2.30. The van der Waals surface area contributed by atoms with Gasteiger partial charge in [-0.25, -0.2) is 9.13 Å². The molecule has 2 unspecified atom stereocenters. The molecule has 0 heterocycles. The molecule has 480 valence electrons. The average molecular weight is 1200 g/mol. The second kappa shape index (κ2) is 55.9. The van der Waals surface area contributed by atoms with E-state index in [9.17, 15) is 43.2 Å². The number of hydrogen-bond donors (Lipinski definition) is 3. The van der Waals surface area contributed by atoms with E-state index in [-0.39, 0.29) is 25.7 Å². The molecular weight excluding hydrogens is 1080 g/mol. The monoisotopic (exact) mass is 1200 g/mol. The van der Waals surface area contributed by atoms with Gasteiger partial charge >= 0.3 is 39.5 Å². The highest BCUT2D eigenvalue weighted by Gasteiger charge is 2.30. The summed E-state index contributed by atoms with van der Waals surface area (Å²) in [5, 5.41) is 10.5. The lowest BCUT2D eigenvalue weighted by Gasteiger charge is -2.21. The van der Waals surface area contributed by atoms with E-state index >= 15 is 0 Å². The van der Waals surface area contributed by atoms with E-state index in [1.165, 1.54) is 128 Å². The van der Waals surface area contributed by atoms with Gasteiger partial charge in [0, 0.05) is 25.7 Å². The number of phosphoric ester groups is 2. The maximum absolute atomic E-state index is 12.9. The molecule has 0 amide bonds. The molecule has 0 rings (SSSR count). The smallest absolute Gasteiger partial charge is 0.462 e. The van der Waals surface area contributed by atoms with Gasteiger partial charge in [0.15, 0.2) is 12.2 Å². The van der Waals surface area contributed by atoms with E-state index in [2.05, 4.69) is 34.6 Å². The Hall–Kier alpha value is -1.94. The van der Waals surface area contributed by atoms with E-state index in [1.807, 2.05) is 0 Å². The first-order chi connectivity index (χ1) is 39.0. The van der Waals surface area contributed by atoms with Gasteiger partial charge in [0.1, 0.15) is 19.3 Å². The van der Waals surface area contributed by atoms with Gasteiger partial charge in [-0.2, -0.15) is 0 Å². The van der Waals surface area contributed by atoms with Crippen molar-refractivity contribution in [1.82, 2.24) is 0 Å². The van der Waals surface area contributed by atoms with Crippen molar-refractivity contribution in [2.24, 2.45) is 5.92 Å². The highest BCUT2D eigenvalue weighted by molar-refractivity contribution is 7.47. The molecule has 5 atom stereocenters. The van der Waals surface area contributed by atoms with Crippen LogP contribution in [0.3, 0.4) is 0 Å². The molecular formula is C62H120O17P2. The van der Waals surface area contributed by atoms with Crippen LogP contribution in [-0.2, 0) is 65.4 Å². The summed E-state index contributed by atoms with van der Waals surface area (Å²) >= 11 is 0. The molecule has 0 aromatic heterocycles. The number of ether oxygens (including phenoxy) is 4. The SMILES string of the molecule is CCCCCCCCCCCCCC(=O)O[C@H](COC(=O)CCCCCCCCCC(C)C)COP(=O)(O)OC[C@@H](O)COP(=O)(O)OC[C@@H](COC(=O)CCCCCCCCCCCC)OC(=O)CCCCCCCCCCCC. The van der Waals surface area contributed by atoms with Gasteiger partial charge < -0.3 is 33.8 Å².